The Morgan fingerprint density at radius 1 is 1.09 bits per heavy atom. The van der Waals surface area contributed by atoms with Crippen LogP contribution < -0.4 is 20.1 Å². The molecule has 7 heteroatoms. The summed E-state index contributed by atoms with van der Waals surface area (Å²) in [5.74, 6) is 1.05. The van der Waals surface area contributed by atoms with Crippen molar-refractivity contribution in [3.8, 4) is 11.5 Å². The number of benzene rings is 1. The summed E-state index contributed by atoms with van der Waals surface area (Å²) in [6.45, 7) is 0.422. The van der Waals surface area contributed by atoms with E-state index in [1.54, 1.807) is 30.3 Å². The lowest BCUT2D eigenvalue weighted by Crippen LogP contribution is -2.27. The zero-order valence-corrected chi connectivity index (χ0v) is 11.6. The van der Waals surface area contributed by atoms with E-state index in [1.807, 2.05) is 0 Å². The van der Waals surface area contributed by atoms with Crippen molar-refractivity contribution >= 4 is 17.5 Å². The molecule has 2 N–H and O–H groups in total. The Bertz CT molecular complexity index is 681. The molecule has 2 aromatic rings. The van der Waals surface area contributed by atoms with Crippen molar-refractivity contribution in [2.24, 2.45) is 0 Å². The SMILES string of the molecule is O=C(CC(=O)Nc1ccc2c(c1)OCO2)NCc1ccco1. The Morgan fingerprint density at radius 2 is 1.95 bits per heavy atom. The van der Waals surface area contributed by atoms with Gasteiger partial charge >= 0.3 is 0 Å². The van der Waals surface area contributed by atoms with E-state index in [-0.39, 0.29) is 25.7 Å². The molecule has 2 heterocycles. The average molecular weight is 302 g/mol. The van der Waals surface area contributed by atoms with Gasteiger partial charge in [-0.25, -0.2) is 0 Å². The van der Waals surface area contributed by atoms with Crippen molar-refractivity contribution in [1.82, 2.24) is 5.32 Å². The number of rotatable bonds is 5. The van der Waals surface area contributed by atoms with E-state index in [2.05, 4.69) is 10.6 Å². The fraction of sp³-hybridized carbons (Fsp3) is 0.200. The number of hydrogen-bond acceptors (Lipinski definition) is 5. The molecule has 1 aliphatic heterocycles. The summed E-state index contributed by atoms with van der Waals surface area (Å²) in [5, 5.41) is 5.24. The molecule has 0 bridgehead atoms. The van der Waals surface area contributed by atoms with Crippen LogP contribution in [-0.2, 0) is 16.1 Å². The standard InChI is InChI=1S/C15H14N2O5/c18-14(16-8-11-2-1-5-20-11)7-15(19)17-10-3-4-12-13(6-10)22-9-21-12/h1-6H,7-9H2,(H,16,18)(H,17,19). The maximum absolute atomic E-state index is 11.8. The number of fused-ring (bicyclic) bond motifs is 1. The highest BCUT2D eigenvalue weighted by molar-refractivity contribution is 6.03. The highest BCUT2D eigenvalue weighted by atomic mass is 16.7. The van der Waals surface area contributed by atoms with E-state index in [1.165, 1.54) is 6.26 Å². The van der Waals surface area contributed by atoms with Gasteiger partial charge < -0.3 is 24.5 Å². The molecule has 0 atom stereocenters. The zero-order chi connectivity index (χ0) is 15.4. The van der Waals surface area contributed by atoms with E-state index >= 15 is 0 Å². The minimum Gasteiger partial charge on any atom is -0.467 e. The number of ether oxygens (including phenoxy) is 2. The largest absolute Gasteiger partial charge is 0.467 e. The van der Waals surface area contributed by atoms with Gasteiger partial charge in [-0.05, 0) is 24.3 Å². The molecule has 1 aromatic heterocycles. The lowest BCUT2D eigenvalue weighted by Gasteiger charge is -2.06. The number of carbonyl (C=O) groups is 2. The number of hydrogen-bond donors (Lipinski definition) is 2. The highest BCUT2D eigenvalue weighted by Gasteiger charge is 2.15. The fourth-order valence-corrected chi connectivity index (χ4v) is 1.99. The van der Waals surface area contributed by atoms with Crippen LogP contribution in [0, 0.1) is 0 Å². The number of carbonyl (C=O) groups excluding carboxylic acids is 2. The van der Waals surface area contributed by atoms with Crippen molar-refractivity contribution in [3.63, 3.8) is 0 Å². The molecule has 0 fully saturated rings. The number of amides is 2. The van der Waals surface area contributed by atoms with Crippen LogP contribution in [-0.4, -0.2) is 18.6 Å². The first-order valence-electron chi connectivity index (χ1n) is 6.69. The molecule has 0 unspecified atom stereocenters. The molecule has 0 saturated heterocycles. The first-order valence-corrected chi connectivity index (χ1v) is 6.69. The van der Waals surface area contributed by atoms with Crippen molar-refractivity contribution in [2.45, 2.75) is 13.0 Å². The maximum atomic E-state index is 11.8. The van der Waals surface area contributed by atoms with Crippen molar-refractivity contribution in [3.05, 3.63) is 42.4 Å². The number of nitrogens with one attached hydrogen (secondary N) is 2. The predicted octanol–water partition coefficient (Wildman–Crippen LogP) is 1.65. The molecule has 22 heavy (non-hydrogen) atoms. The molecule has 114 valence electrons. The summed E-state index contributed by atoms with van der Waals surface area (Å²) in [6, 6.07) is 8.52. The summed E-state index contributed by atoms with van der Waals surface area (Å²) < 4.78 is 15.5. The lowest BCUT2D eigenvalue weighted by molar-refractivity contribution is -0.127. The average Bonchev–Trinajstić information content (AvgIpc) is 3.15. The Kier molecular flexibility index (Phi) is 3.95. The van der Waals surface area contributed by atoms with E-state index in [0.29, 0.717) is 22.9 Å². The predicted molar refractivity (Wildman–Crippen MR) is 76.4 cm³/mol. The van der Waals surface area contributed by atoms with Crippen LogP contribution in [0.3, 0.4) is 0 Å². The van der Waals surface area contributed by atoms with Gasteiger partial charge in [0.1, 0.15) is 12.2 Å². The van der Waals surface area contributed by atoms with Crippen LogP contribution in [0.25, 0.3) is 0 Å². The van der Waals surface area contributed by atoms with Crippen LogP contribution in [0.4, 0.5) is 5.69 Å². The van der Waals surface area contributed by atoms with Crippen LogP contribution in [0.1, 0.15) is 12.2 Å². The van der Waals surface area contributed by atoms with Gasteiger partial charge in [-0.15, -0.1) is 0 Å². The van der Waals surface area contributed by atoms with Crippen LogP contribution >= 0.6 is 0 Å². The van der Waals surface area contributed by atoms with Gasteiger partial charge in [0.05, 0.1) is 12.8 Å². The van der Waals surface area contributed by atoms with Crippen LogP contribution in [0.5, 0.6) is 11.5 Å². The minimum absolute atomic E-state index is 0.169. The summed E-state index contributed by atoms with van der Waals surface area (Å²) >= 11 is 0. The van der Waals surface area contributed by atoms with Crippen LogP contribution in [0.15, 0.2) is 41.0 Å². The van der Waals surface area contributed by atoms with Crippen molar-refractivity contribution < 1.29 is 23.5 Å². The summed E-state index contributed by atoms with van der Waals surface area (Å²) in [4.78, 5) is 23.5. The highest BCUT2D eigenvalue weighted by Crippen LogP contribution is 2.34. The Labute approximate surface area is 126 Å². The monoisotopic (exact) mass is 302 g/mol. The molecule has 3 rings (SSSR count). The van der Waals surface area contributed by atoms with Crippen molar-refractivity contribution in [1.29, 1.82) is 0 Å². The third-order valence-electron chi connectivity index (χ3n) is 3.02. The molecule has 2 amide bonds. The van der Waals surface area contributed by atoms with Crippen molar-refractivity contribution in [2.75, 3.05) is 12.1 Å². The quantitative estimate of drug-likeness (QED) is 0.820. The Balaban J connectivity index is 1.48. The fourth-order valence-electron chi connectivity index (χ4n) is 1.99. The first kappa shape index (κ1) is 14.0. The molecule has 0 radical (unpaired) electrons. The maximum Gasteiger partial charge on any atom is 0.233 e. The summed E-state index contributed by atoms with van der Waals surface area (Å²) in [5.41, 5.74) is 0.549. The zero-order valence-electron chi connectivity index (χ0n) is 11.6. The topological polar surface area (TPSA) is 89.8 Å². The molecular formula is C15H14N2O5. The summed E-state index contributed by atoms with van der Waals surface area (Å²) in [6.07, 6.45) is 1.25. The van der Waals surface area contributed by atoms with Gasteiger partial charge in [-0.2, -0.15) is 0 Å². The van der Waals surface area contributed by atoms with E-state index < -0.39 is 5.91 Å². The van der Waals surface area contributed by atoms with Gasteiger partial charge in [0, 0.05) is 11.8 Å². The van der Waals surface area contributed by atoms with Gasteiger partial charge in [0.25, 0.3) is 0 Å². The van der Waals surface area contributed by atoms with E-state index in [0.717, 1.165) is 0 Å². The van der Waals surface area contributed by atoms with Gasteiger partial charge in [-0.1, -0.05) is 0 Å². The third kappa shape index (κ3) is 3.38. The first-order chi connectivity index (χ1) is 10.7. The lowest BCUT2D eigenvalue weighted by atomic mass is 10.2. The minimum atomic E-state index is -0.407. The second kappa shape index (κ2) is 6.21. The Morgan fingerprint density at radius 3 is 2.77 bits per heavy atom. The van der Waals surface area contributed by atoms with E-state index in [4.69, 9.17) is 13.9 Å². The molecule has 0 saturated carbocycles. The second-order valence-electron chi connectivity index (χ2n) is 4.65. The molecule has 0 spiro atoms. The smallest absolute Gasteiger partial charge is 0.233 e. The number of furan rings is 1. The van der Waals surface area contributed by atoms with Crippen LogP contribution in [0.2, 0.25) is 0 Å². The summed E-state index contributed by atoms with van der Waals surface area (Å²) in [7, 11) is 0. The van der Waals surface area contributed by atoms with Gasteiger partial charge in [0.15, 0.2) is 11.5 Å². The second-order valence-corrected chi connectivity index (χ2v) is 4.65. The molecule has 1 aromatic carbocycles. The van der Waals surface area contributed by atoms with Gasteiger partial charge in [0.2, 0.25) is 18.6 Å². The number of anilines is 1. The normalized spacial score (nSPS) is 12.0. The molecular weight excluding hydrogens is 288 g/mol. The Hall–Kier alpha value is -2.96. The van der Waals surface area contributed by atoms with E-state index in [9.17, 15) is 9.59 Å². The molecule has 0 aliphatic carbocycles. The molecule has 1 aliphatic rings. The molecule has 7 nitrogen and oxygen atoms in total. The third-order valence-corrected chi connectivity index (χ3v) is 3.02. The van der Waals surface area contributed by atoms with Gasteiger partial charge in [-0.3, -0.25) is 9.59 Å².